The predicted octanol–water partition coefficient (Wildman–Crippen LogP) is 4.21. The maximum absolute atomic E-state index is 13.8. The van der Waals surface area contributed by atoms with Crippen molar-refractivity contribution in [2.45, 2.75) is 39.3 Å². The lowest BCUT2D eigenvalue weighted by Gasteiger charge is -2.20. The monoisotopic (exact) mass is 332 g/mol. The summed E-state index contributed by atoms with van der Waals surface area (Å²) >= 11 is 0. The Labute approximate surface area is 141 Å². The standard InChI is InChI=1S/C19H22F2N2O/c1-4-14-5-8-16(9-6-14)23-19(24)13(3)22-12(2)17-10-7-15(20)11-18(17)21/h5-13,22H,4H2,1-3H3,(H,23,24)/t12-,13+/m0/s1. The van der Waals surface area contributed by atoms with E-state index in [9.17, 15) is 13.6 Å². The number of hydrogen-bond donors (Lipinski definition) is 2. The first-order valence-electron chi connectivity index (χ1n) is 8.01. The maximum Gasteiger partial charge on any atom is 0.241 e. The van der Waals surface area contributed by atoms with Crippen LogP contribution in [0.4, 0.5) is 14.5 Å². The number of benzene rings is 2. The van der Waals surface area contributed by atoms with Gasteiger partial charge in [0.05, 0.1) is 6.04 Å². The van der Waals surface area contributed by atoms with Gasteiger partial charge in [0, 0.05) is 23.4 Å². The highest BCUT2D eigenvalue weighted by atomic mass is 19.1. The fourth-order valence-electron chi connectivity index (χ4n) is 2.47. The lowest BCUT2D eigenvalue weighted by atomic mass is 10.1. The van der Waals surface area contributed by atoms with E-state index < -0.39 is 23.7 Å². The zero-order chi connectivity index (χ0) is 17.7. The number of aryl methyl sites for hydroxylation is 1. The number of amides is 1. The Balaban J connectivity index is 1.97. The third-order valence-electron chi connectivity index (χ3n) is 3.95. The van der Waals surface area contributed by atoms with Gasteiger partial charge in [-0.1, -0.05) is 25.1 Å². The second kappa shape index (κ2) is 8.02. The molecule has 128 valence electrons. The van der Waals surface area contributed by atoms with Crippen LogP contribution in [0, 0.1) is 11.6 Å². The highest BCUT2D eigenvalue weighted by Crippen LogP contribution is 2.18. The fourth-order valence-corrected chi connectivity index (χ4v) is 2.47. The van der Waals surface area contributed by atoms with Crippen molar-refractivity contribution in [3.8, 4) is 0 Å². The Hall–Kier alpha value is -2.27. The van der Waals surface area contributed by atoms with Crippen LogP contribution in [-0.2, 0) is 11.2 Å². The van der Waals surface area contributed by atoms with E-state index in [1.54, 1.807) is 13.8 Å². The molecule has 0 aromatic heterocycles. The van der Waals surface area contributed by atoms with Crippen LogP contribution in [0.1, 0.15) is 37.9 Å². The van der Waals surface area contributed by atoms with Gasteiger partial charge in [-0.2, -0.15) is 0 Å². The van der Waals surface area contributed by atoms with Gasteiger partial charge >= 0.3 is 0 Å². The molecule has 2 aromatic carbocycles. The molecule has 2 N–H and O–H groups in total. The highest BCUT2D eigenvalue weighted by molar-refractivity contribution is 5.94. The third-order valence-corrected chi connectivity index (χ3v) is 3.95. The quantitative estimate of drug-likeness (QED) is 0.832. The number of carbonyl (C=O) groups is 1. The van der Waals surface area contributed by atoms with Crippen molar-refractivity contribution in [1.29, 1.82) is 0 Å². The first-order valence-corrected chi connectivity index (χ1v) is 8.01. The summed E-state index contributed by atoms with van der Waals surface area (Å²) in [5.74, 6) is -1.46. The average Bonchev–Trinajstić information content (AvgIpc) is 2.55. The number of nitrogens with one attached hydrogen (secondary N) is 2. The molecule has 2 atom stereocenters. The van der Waals surface area contributed by atoms with Crippen LogP contribution in [0.5, 0.6) is 0 Å². The second-order valence-corrected chi connectivity index (χ2v) is 5.82. The van der Waals surface area contributed by atoms with E-state index in [1.165, 1.54) is 17.7 Å². The average molecular weight is 332 g/mol. The first-order chi connectivity index (χ1) is 11.4. The zero-order valence-electron chi connectivity index (χ0n) is 14.1. The molecule has 2 aromatic rings. The maximum atomic E-state index is 13.8. The molecule has 0 fully saturated rings. The second-order valence-electron chi connectivity index (χ2n) is 5.82. The largest absolute Gasteiger partial charge is 0.325 e. The van der Waals surface area contributed by atoms with E-state index >= 15 is 0 Å². The molecule has 0 spiro atoms. The Morgan fingerprint density at radius 2 is 1.75 bits per heavy atom. The van der Waals surface area contributed by atoms with Crippen molar-refractivity contribution in [2.75, 3.05) is 5.32 Å². The van der Waals surface area contributed by atoms with Gasteiger partial charge in [-0.25, -0.2) is 8.78 Å². The summed E-state index contributed by atoms with van der Waals surface area (Å²) in [6.07, 6.45) is 0.937. The molecule has 5 heteroatoms. The van der Waals surface area contributed by atoms with Crippen molar-refractivity contribution >= 4 is 11.6 Å². The molecule has 24 heavy (non-hydrogen) atoms. The molecule has 0 saturated heterocycles. The van der Waals surface area contributed by atoms with Crippen LogP contribution in [-0.4, -0.2) is 11.9 Å². The minimum atomic E-state index is -0.627. The molecule has 0 bridgehead atoms. The van der Waals surface area contributed by atoms with Gasteiger partial charge in [-0.05, 0) is 44.0 Å². The van der Waals surface area contributed by atoms with Gasteiger partial charge in [0.15, 0.2) is 0 Å². The number of hydrogen-bond acceptors (Lipinski definition) is 2. The SMILES string of the molecule is CCc1ccc(NC(=O)[C@@H](C)N[C@@H](C)c2ccc(F)cc2F)cc1. The van der Waals surface area contributed by atoms with Crippen LogP contribution in [0.3, 0.4) is 0 Å². The van der Waals surface area contributed by atoms with Crippen molar-refractivity contribution in [1.82, 2.24) is 5.32 Å². The molecular formula is C19H22F2N2O. The molecule has 0 aliphatic rings. The van der Waals surface area contributed by atoms with Crippen LogP contribution in [0.25, 0.3) is 0 Å². The summed E-state index contributed by atoms with van der Waals surface area (Å²) in [6, 6.07) is 10.1. The zero-order valence-corrected chi connectivity index (χ0v) is 14.1. The van der Waals surface area contributed by atoms with Crippen LogP contribution < -0.4 is 10.6 Å². The molecule has 0 aliphatic heterocycles. The van der Waals surface area contributed by atoms with Crippen LogP contribution in [0.2, 0.25) is 0 Å². The van der Waals surface area contributed by atoms with Gasteiger partial charge in [-0.15, -0.1) is 0 Å². The van der Waals surface area contributed by atoms with E-state index in [2.05, 4.69) is 17.6 Å². The minimum Gasteiger partial charge on any atom is -0.325 e. The summed E-state index contributed by atoms with van der Waals surface area (Å²) in [4.78, 5) is 12.2. The van der Waals surface area contributed by atoms with E-state index in [-0.39, 0.29) is 5.91 Å². The Morgan fingerprint density at radius 3 is 2.33 bits per heavy atom. The van der Waals surface area contributed by atoms with Gasteiger partial charge in [0.1, 0.15) is 11.6 Å². The molecule has 3 nitrogen and oxygen atoms in total. The fraction of sp³-hybridized carbons (Fsp3) is 0.316. The lowest BCUT2D eigenvalue weighted by Crippen LogP contribution is -2.39. The number of anilines is 1. The Morgan fingerprint density at radius 1 is 1.08 bits per heavy atom. The number of halogens is 2. The van der Waals surface area contributed by atoms with E-state index in [0.29, 0.717) is 11.3 Å². The van der Waals surface area contributed by atoms with E-state index in [4.69, 9.17) is 0 Å². The number of carbonyl (C=O) groups excluding carboxylic acids is 1. The molecule has 0 aliphatic carbocycles. The Bertz CT molecular complexity index is 701. The summed E-state index contributed by atoms with van der Waals surface area (Å²) in [6.45, 7) is 5.50. The van der Waals surface area contributed by atoms with Gasteiger partial charge in [0.25, 0.3) is 0 Å². The molecule has 0 heterocycles. The van der Waals surface area contributed by atoms with Crippen molar-refractivity contribution in [3.05, 3.63) is 65.2 Å². The summed E-state index contributed by atoms with van der Waals surface area (Å²) in [5.41, 5.74) is 2.23. The van der Waals surface area contributed by atoms with Gasteiger partial charge in [-0.3, -0.25) is 10.1 Å². The van der Waals surface area contributed by atoms with Crippen molar-refractivity contribution in [3.63, 3.8) is 0 Å². The van der Waals surface area contributed by atoms with Crippen molar-refractivity contribution < 1.29 is 13.6 Å². The van der Waals surface area contributed by atoms with E-state index in [0.717, 1.165) is 12.5 Å². The highest BCUT2D eigenvalue weighted by Gasteiger charge is 2.18. The van der Waals surface area contributed by atoms with Gasteiger partial charge < -0.3 is 5.32 Å². The predicted molar refractivity (Wildman–Crippen MR) is 91.8 cm³/mol. The summed E-state index contributed by atoms with van der Waals surface area (Å²) < 4.78 is 26.8. The summed E-state index contributed by atoms with van der Waals surface area (Å²) in [5, 5.41) is 5.84. The topological polar surface area (TPSA) is 41.1 Å². The minimum absolute atomic E-state index is 0.214. The Kier molecular flexibility index (Phi) is 6.04. The van der Waals surface area contributed by atoms with Crippen LogP contribution in [0.15, 0.2) is 42.5 Å². The van der Waals surface area contributed by atoms with E-state index in [1.807, 2.05) is 24.3 Å². The van der Waals surface area contributed by atoms with Gasteiger partial charge in [0.2, 0.25) is 5.91 Å². The molecule has 1 amide bonds. The smallest absolute Gasteiger partial charge is 0.241 e. The molecule has 0 unspecified atom stereocenters. The van der Waals surface area contributed by atoms with Crippen LogP contribution >= 0.6 is 0 Å². The van der Waals surface area contributed by atoms with Crippen molar-refractivity contribution in [2.24, 2.45) is 0 Å². The number of rotatable bonds is 6. The molecule has 0 saturated carbocycles. The third kappa shape index (κ3) is 4.61. The molecule has 0 radical (unpaired) electrons. The summed E-state index contributed by atoms with van der Waals surface area (Å²) in [7, 11) is 0. The normalized spacial score (nSPS) is 13.4. The lowest BCUT2D eigenvalue weighted by molar-refractivity contribution is -0.117. The molecule has 2 rings (SSSR count). The first kappa shape index (κ1) is 18.1. The molecular weight excluding hydrogens is 310 g/mol.